The number of hydrogen-bond donors (Lipinski definition) is 0. The van der Waals surface area contributed by atoms with E-state index in [-0.39, 0.29) is 0 Å². The zero-order valence-electron chi connectivity index (χ0n) is 7.29. The Hall–Kier alpha value is -1.05. The minimum Gasteiger partial charge on any atom is -0.474 e. The molecular weight excluding hydrogens is 150 g/mol. The first-order chi connectivity index (χ1) is 5.88. The lowest BCUT2D eigenvalue weighted by atomic mass is 10.2. The summed E-state index contributed by atoms with van der Waals surface area (Å²) < 4.78 is 5.56. The van der Waals surface area contributed by atoms with Gasteiger partial charge in [0, 0.05) is 12.3 Å². The topological polar surface area (TPSA) is 22.1 Å². The van der Waals surface area contributed by atoms with Crippen LogP contribution in [0.5, 0.6) is 5.88 Å². The molecule has 12 heavy (non-hydrogen) atoms. The zero-order chi connectivity index (χ0) is 8.39. The fourth-order valence-electron chi connectivity index (χ4n) is 1.09. The van der Waals surface area contributed by atoms with Crippen LogP contribution in [-0.2, 0) is 6.42 Å². The normalized spacial score (nSPS) is 16.1. The van der Waals surface area contributed by atoms with Crippen molar-refractivity contribution in [3.8, 4) is 5.88 Å². The summed E-state index contributed by atoms with van der Waals surface area (Å²) >= 11 is 0. The van der Waals surface area contributed by atoms with Crippen LogP contribution < -0.4 is 4.74 Å². The second-order valence-corrected chi connectivity index (χ2v) is 3.17. The van der Waals surface area contributed by atoms with Crippen molar-refractivity contribution in [2.75, 3.05) is 0 Å². The maximum atomic E-state index is 5.56. The van der Waals surface area contributed by atoms with Crippen LogP contribution >= 0.6 is 0 Å². The summed E-state index contributed by atoms with van der Waals surface area (Å²) in [4.78, 5) is 4.15. The van der Waals surface area contributed by atoms with E-state index in [0.29, 0.717) is 6.10 Å². The number of aryl methyl sites for hydroxylation is 1. The van der Waals surface area contributed by atoms with Crippen LogP contribution in [-0.4, -0.2) is 11.1 Å². The fraction of sp³-hybridized carbons (Fsp3) is 0.500. The van der Waals surface area contributed by atoms with Crippen molar-refractivity contribution in [3.63, 3.8) is 0 Å². The number of hydrogen-bond acceptors (Lipinski definition) is 2. The maximum absolute atomic E-state index is 5.56. The molecule has 1 aromatic heterocycles. The third-order valence-corrected chi connectivity index (χ3v) is 2.02. The van der Waals surface area contributed by atoms with Crippen molar-refractivity contribution in [2.45, 2.75) is 32.3 Å². The van der Waals surface area contributed by atoms with E-state index in [9.17, 15) is 0 Å². The molecule has 1 aliphatic rings. The lowest BCUT2D eigenvalue weighted by Gasteiger charge is -2.03. The van der Waals surface area contributed by atoms with Crippen LogP contribution in [0.4, 0.5) is 0 Å². The van der Waals surface area contributed by atoms with Crippen molar-refractivity contribution in [3.05, 3.63) is 23.9 Å². The van der Waals surface area contributed by atoms with Gasteiger partial charge in [0.05, 0.1) is 0 Å². The van der Waals surface area contributed by atoms with E-state index in [2.05, 4.69) is 11.9 Å². The predicted molar refractivity (Wildman–Crippen MR) is 47.3 cm³/mol. The summed E-state index contributed by atoms with van der Waals surface area (Å²) in [6.45, 7) is 2.14. The molecule has 0 radical (unpaired) electrons. The van der Waals surface area contributed by atoms with Crippen molar-refractivity contribution in [2.24, 2.45) is 0 Å². The average molecular weight is 163 g/mol. The molecule has 0 spiro atoms. The molecule has 0 amide bonds. The van der Waals surface area contributed by atoms with Crippen molar-refractivity contribution >= 4 is 0 Å². The highest BCUT2D eigenvalue weighted by atomic mass is 16.5. The van der Waals surface area contributed by atoms with Crippen molar-refractivity contribution in [1.82, 2.24) is 4.98 Å². The first kappa shape index (κ1) is 7.59. The van der Waals surface area contributed by atoms with Gasteiger partial charge < -0.3 is 4.74 Å². The number of pyridine rings is 1. The summed E-state index contributed by atoms with van der Waals surface area (Å²) in [7, 11) is 0. The Labute approximate surface area is 72.6 Å². The highest BCUT2D eigenvalue weighted by molar-refractivity contribution is 5.20. The largest absolute Gasteiger partial charge is 0.474 e. The maximum Gasteiger partial charge on any atom is 0.213 e. The van der Waals surface area contributed by atoms with Gasteiger partial charge >= 0.3 is 0 Å². The third kappa shape index (κ3) is 1.76. The number of nitrogens with zero attached hydrogens (tertiary/aromatic N) is 1. The molecule has 1 aromatic rings. The molecule has 2 rings (SSSR count). The van der Waals surface area contributed by atoms with E-state index < -0.39 is 0 Å². The Morgan fingerprint density at radius 2 is 2.42 bits per heavy atom. The number of rotatable bonds is 3. The molecule has 1 heterocycles. The summed E-state index contributed by atoms with van der Waals surface area (Å²) in [6, 6.07) is 4.05. The first-order valence-corrected chi connectivity index (χ1v) is 4.50. The predicted octanol–water partition coefficient (Wildman–Crippen LogP) is 2.19. The highest BCUT2D eigenvalue weighted by Crippen LogP contribution is 2.25. The quantitative estimate of drug-likeness (QED) is 0.681. The van der Waals surface area contributed by atoms with E-state index >= 15 is 0 Å². The van der Waals surface area contributed by atoms with Crippen LogP contribution in [0.3, 0.4) is 0 Å². The highest BCUT2D eigenvalue weighted by Gasteiger charge is 2.23. The standard InChI is InChI=1S/C10H13NO/c1-2-8-5-6-11-10(7-8)12-9-3-4-9/h5-7,9H,2-4H2,1H3. The lowest BCUT2D eigenvalue weighted by molar-refractivity contribution is 0.291. The van der Waals surface area contributed by atoms with Crippen molar-refractivity contribution in [1.29, 1.82) is 0 Å². The zero-order valence-corrected chi connectivity index (χ0v) is 7.29. The van der Waals surface area contributed by atoms with Crippen LogP contribution in [0.25, 0.3) is 0 Å². The van der Waals surface area contributed by atoms with Gasteiger partial charge in [-0.15, -0.1) is 0 Å². The smallest absolute Gasteiger partial charge is 0.213 e. The molecule has 2 nitrogen and oxygen atoms in total. The lowest BCUT2D eigenvalue weighted by Crippen LogP contribution is -1.98. The van der Waals surface area contributed by atoms with Gasteiger partial charge in [0.25, 0.3) is 0 Å². The van der Waals surface area contributed by atoms with E-state index in [1.54, 1.807) is 0 Å². The number of ether oxygens (including phenoxy) is 1. The van der Waals surface area contributed by atoms with Gasteiger partial charge in [0.2, 0.25) is 5.88 Å². The van der Waals surface area contributed by atoms with Gasteiger partial charge in [0.15, 0.2) is 0 Å². The van der Waals surface area contributed by atoms with Gasteiger partial charge in [0.1, 0.15) is 6.10 Å². The van der Waals surface area contributed by atoms with Gasteiger partial charge in [-0.2, -0.15) is 0 Å². The minimum atomic E-state index is 0.449. The Balaban J connectivity index is 2.08. The molecule has 64 valence electrons. The fourth-order valence-corrected chi connectivity index (χ4v) is 1.09. The molecule has 0 bridgehead atoms. The van der Waals surface area contributed by atoms with E-state index in [1.807, 2.05) is 18.3 Å². The minimum absolute atomic E-state index is 0.449. The molecule has 1 fully saturated rings. The summed E-state index contributed by atoms with van der Waals surface area (Å²) in [6.07, 6.45) is 5.69. The Kier molecular flexibility index (Phi) is 1.98. The molecule has 2 heteroatoms. The molecule has 0 atom stereocenters. The van der Waals surface area contributed by atoms with Gasteiger partial charge in [-0.3, -0.25) is 0 Å². The van der Waals surface area contributed by atoms with E-state index in [0.717, 1.165) is 12.3 Å². The van der Waals surface area contributed by atoms with E-state index in [4.69, 9.17) is 4.74 Å². The average Bonchev–Trinajstić information content (AvgIpc) is 2.89. The summed E-state index contributed by atoms with van der Waals surface area (Å²) in [5.74, 6) is 0.789. The van der Waals surface area contributed by atoms with Crippen LogP contribution in [0.1, 0.15) is 25.3 Å². The van der Waals surface area contributed by atoms with Crippen LogP contribution in [0, 0.1) is 0 Å². The molecule has 0 unspecified atom stereocenters. The molecule has 1 saturated carbocycles. The molecular formula is C10H13NO. The summed E-state index contributed by atoms with van der Waals surface area (Å²) in [5, 5.41) is 0. The molecule has 0 saturated heterocycles. The molecule has 1 aliphatic carbocycles. The second kappa shape index (κ2) is 3.13. The Bertz CT molecular complexity index is 268. The van der Waals surface area contributed by atoms with E-state index in [1.165, 1.54) is 18.4 Å². The first-order valence-electron chi connectivity index (χ1n) is 4.50. The number of aromatic nitrogens is 1. The SMILES string of the molecule is CCc1ccnc(OC2CC2)c1. The van der Waals surface area contributed by atoms with Crippen LogP contribution in [0.15, 0.2) is 18.3 Å². The van der Waals surface area contributed by atoms with Crippen LogP contribution in [0.2, 0.25) is 0 Å². The molecule has 0 aromatic carbocycles. The Morgan fingerprint density at radius 1 is 1.58 bits per heavy atom. The molecule has 0 N–H and O–H groups in total. The summed E-state index contributed by atoms with van der Waals surface area (Å²) in [5.41, 5.74) is 1.29. The Morgan fingerprint density at radius 3 is 3.08 bits per heavy atom. The van der Waals surface area contributed by atoms with Gasteiger partial charge in [-0.05, 0) is 30.9 Å². The molecule has 0 aliphatic heterocycles. The monoisotopic (exact) mass is 163 g/mol. The third-order valence-electron chi connectivity index (χ3n) is 2.02. The second-order valence-electron chi connectivity index (χ2n) is 3.17. The van der Waals surface area contributed by atoms with Crippen molar-refractivity contribution < 1.29 is 4.74 Å². The van der Waals surface area contributed by atoms with Gasteiger partial charge in [-0.1, -0.05) is 6.92 Å². The van der Waals surface area contributed by atoms with Gasteiger partial charge in [-0.25, -0.2) is 4.98 Å².